The zero-order valence-electron chi connectivity index (χ0n) is 15.6. The topological polar surface area (TPSA) is 58.4 Å². The summed E-state index contributed by atoms with van der Waals surface area (Å²) in [6.45, 7) is 10.8. The average Bonchev–Trinajstić information content (AvgIpc) is 3.16. The SMILES string of the molecule is CCCCN1Cc2cccc(NC(=O)[C@H](C)c3c(C)noc3C)c2C1. The summed E-state index contributed by atoms with van der Waals surface area (Å²) < 4.78 is 5.21. The van der Waals surface area contributed by atoms with E-state index < -0.39 is 0 Å². The van der Waals surface area contributed by atoms with Crippen LogP contribution in [0.2, 0.25) is 0 Å². The van der Waals surface area contributed by atoms with Crippen molar-refractivity contribution in [3.8, 4) is 0 Å². The maximum absolute atomic E-state index is 12.8. The van der Waals surface area contributed by atoms with E-state index in [0.717, 1.165) is 36.6 Å². The zero-order chi connectivity index (χ0) is 18.0. The minimum atomic E-state index is -0.292. The lowest BCUT2D eigenvalue weighted by molar-refractivity contribution is -0.117. The Morgan fingerprint density at radius 3 is 2.84 bits per heavy atom. The molecule has 1 amide bonds. The summed E-state index contributed by atoms with van der Waals surface area (Å²) in [5, 5.41) is 7.09. The molecule has 0 bridgehead atoms. The van der Waals surface area contributed by atoms with Gasteiger partial charge in [-0.2, -0.15) is 0 Å². The second kappa shape index (κ2) is 7.40. The Morgan fingerprint density at radius 2 is 2.16 bits per heavy atom. The standard InChI is InChI=1S/C20H27N3O2/c1-5-6-10-23-11-16-8-7-9-18(17(16)12-23)21-20(24)13(2)19-14(3)22-25-15(19)4/h7-9,13H,5-6,10-12H2,1-4H3,(H,21,24)/t13-/m1/s1. The van der Waals surface area contributed by atoms with Gasteiger partial charge in [0, 0.05) is 24.3 Å². The minimum Gasteiger partial charge on any atom is -0.361 e. The van der Waals surface area contributed by atoms with Gasteiger partial charge in [-0.3, -0.25) is 9.69 Å². The number of unbranched alkanes of at least 4 members (excludes halogenated alkanes) is 1. The maximum atomic E-state index is 12.8. The Morgan fingerprint density at radius 1 is 1.36 bits per heavy atom. The van der Waals surface area contributed by atoms with Gasteiger partial charge in [0.2, 0.25) is 5.91 Å². The van der Waals surface area contributed by atoms with Gasteiger partial charge in [-0.1, -0.05) is 30.6 Å². The fraction of sp³-hybridized carbons (Fsp3) is 0.500. The molecule has 0 saturated heterocycles. The van der Waals surface area contributed by atoms with E-state index in [1.54, 1.807) is 0 Å². The van der Waals surface area contributed by atoms with E-state index in [1.165, 1.54) is 24.0 Å². The first-order valence-corrected chi connectivity index (χ1v) is 9.08. The van der Waals surface area contributed by atoms with Crippen LogP contribution in [0.15, 0.2) is 22.7 Å². The van der Waals surface area contributed by atoms with Crippen LogP contribution < -0.4 is 5.32 Å². The van der Waals surface area contributed by atoms with E-state index in [-0.39, 0.29) is 11.8 Å². The quantitative estimate of drug-likeness (QED) is 0.857. The van der Waals surface area contributed by atoms with Crippen LogP contribution in [0, 0.1) is 13.8 Å². The molecule has 0 aliphatic carbocycles. The third kappa shape index (κ3) is 3.61. The molecule has 2 heterocycles. The van der Waals surface area contributed by atoms with Gasteiger partial charge in [0.1, 0.15) is 5.76 Å². The van der Waals surface area contributed by atoms with Crippen molar-refractivity contribution in [2.75, 3.05) is 11.9 Å². The van der Waals surface area contributed by atoms with E-state index in [1.807, 2.05) is 32.9 Å². The number of hydrogen-bond donors (Lipinski definition) is 1. The molecule has 0 saturated carbocycles. The Labute approximate surface area is 149 Å². The summed E-state index contributed by atoms with van der Waals surface area (Å²) in [4.78, 5) is 15.2. The predicted octanol–water partition coefficient (Wildman–Crippen LogP) is 4.15. The fourth-order valence-corrected chi connectivity index (χ4v) is 3.63. The molecule has 5 nitrogen and oxygen atoms in total. The molecule has 0 unspecified atom stereocenters. The molecule has 3 rings (SSSR count). The number of carbonyl (C=O) groups is 1. The molecule has 0 fully saturated rings. The molecule has 1 aliphatic heterocycles. The van der Waals surface area contributed by atoms with E-state index >= 15 is 0 Å². The van der Waals surface area contributed by atoms with Crippen molar-refractivity contribution in [2.24, 2.45) is 0 Å². The number of nitrogens with one attached hydrogen (secondary N) is 1. The van der Waals surface area contributed by atoms with Crippen LogP contribution in [0.1, 0.15) is 60.8 Å². The van der Waals surface area contributed by atoms with Crippen molar-refractivity contribution >= 4 is 11.6 Å². The van der Waals surface area contributed by atoms with Gasteiger partial charge in [0.05, 0.1) is 11.6 Å². The number of rotatable bonds is 6. The normalized spacial score (nSPS) is 15.2. The Kier molecular flexibility index (Phi) is 5.23. The number of amides is 1. The summed E-state index contributed by atoms with van der Waals surface area (Å²) in [6.07, 6.45) is 2.41. The van der Waals surface area contributed by atoms with Gasteiger partial charge < -0.3 is 9.84 Å². The Bertz CT molecular complexity index is 747. The fourth-order valence-electron chi connectivity index (χ4n) is 3.63. The number of carbonyl (C=O) groups excluding carboxylic acids is 1. The van der Waals surface area contributed by atoms with E-state index in [2.05, 4.69) is 28.4 Å². The monoisotopic (exact) mass is 341 g/mol. The van der Waals surface area contributed by atoms with Gasteiger partial charge >= 0.3 is 0 Å². The molecular weight excluding hydrogens is 314 g/mol. The summed E-state index contributed by atoms with van der Waals surface area (Å²) in [5.74, 6) is 0.402. The van der Waals surface area contributed by atoms with Gasteiger partial charge in [0.15, 0.2) is 0 Å². The number of nitrogens with zero attached hydrogens (tertiary/aromatic N) is 2. The first-order chi connectivity index (χ1) is 12.0. The molecule has 0 spiro atoms. The second-order valence-corrected chi connectivity index (χ2v) is 6.96. The van der Waals surface area contributed by atoms with Crippen molar-refractivity contribution in [3.63, 3.8) is 0 Å². The van der Waals surface area contributed by atoms with Crippen molar-refractivity contribution in [2.45, 2.75) is 59.5 Å². The molecule has 25 heavy (non-hydrogen) atoms. The molecule has 1 atom stereocenters. The van der Waals surface area contributed by atoms with Crippen LogP contribution in [0.25, 0.3) is 0 Å². The summed E-state index contributed by atoms with van der Waals surface area (Å²) >= 11 is 0. The molecule has 2 aromatic rings. The van der Waals surface area contributed by atoms with Crippen molar-refractivity contribution in [3.05, 3.63) is 46.3 Å². The maximum Gasteiger partial charge on any atom is 0.231 e. The van der Waals surface area contributed by atoms with Gasteiger partial charge in [-0.15, -0.1) is 0 Å². The molecule has 1 N–H and O–H groups in total. The van der Waals surface area contributed by atoms with Crippen LogP contribution in [0.3, 0.4) is 0 Å². The first kappa shape index (κ1) is 17.7. The zero-order valence-corrected chi connectivity index (χ0v) is 15.6. The lowest BCUT2D eigenvalue weighted by Crippen LogP contribution is -2.21. The predicted molar refractivity (Wildman–Crippen MR) is 98.5 cm³/mol. The highest BCUT2D eigenvalue weighted by Gasteiger charge is 2.26. The largest absolute Gasteiger partial charge is 0.361 e. The highest BCUT2D eigenvalue weighted by Crippen LogP contribution is 2.31. The minimum absolute atomic E-state index is 0.0187. The van der Waals surface area contributed by atoms with Gasteiger partial charge in [-0.05, 0) is 50.9 Å². The van der Waals surface area contributed by atoms with Crippen molar-refractivity contribution < 1.29 is 9.32 Å². The number of fused-ring (bicyclic) bond motifs is 1. The Balaban J connectivity index is 1.74. The van der Waals surface area contributed by atoms with Crippen LogP contribution in [0.5, 0.6) is 0 Å². The number of aromatic nitrogens is 1. The van der Waals surface area contributed by atoms with E-state index in [9.17, 15) is 4.79 Å². The first-order valence-electron chi connectivity index (χ1n) is 9.08. The third-order valence-electron chi connectivity index (χ3n) is 5.05. The third-order valence-corrected chi connectivity index (χ3v) is 5.05. The number of hydrogen-bond acceptors (Lipinski definition) is 4. The van der Waals surface area contributed by atoms with Gasteiger partial charge in [0.25, 0.3) is 0 Å². The molecule has 0 radical (unpaired) electrons. The highest BCUT2D eigenvalue weighted by atomic mass is 16.5. The second-order valence-electron chi connectivity index (χ2n) is 6.96. The molecule has 1 aromatic carbocycles. The number of anilines is 1. The average molecular weight is 341 g/mol. The van der Waals surface area contributed by atoms with E-state index in [4.69, 9.17) is 4.52 Å². The van der Waals surface area contributed by atoms with E-state index in [0.29, 0.717) is 5.76 Å². The number of aryl methyl sites for hydroxylation is 2. The Hall–Kier alpha value is -2.14. The molecule has 134 valence electrons. The van der Waals surface area contributed by atoms with Crippen LogP contribution in [-0.4, -0.2) is 22.5 Å². The lowest BCUT2D eigenvalue weighted by Gasteiger charge is -2.15. The molecule has 5 heteroatoms. The molecule has 1 aliphatic rings. The van der Waals surface area contributed by atoms with Crippen LogP contribution >= 0.6 is 0 Å². The number of benzene rings is 1. The summed E-state index contributed by atoms with van der Waals surface area (Å²) in [5.41, 5.74) is 5.16. The molecular formula is C20H27N3O2. The van der Waals surface area contributed by atoms with Crippen LogP contribution in [-0.2, 0) is 17.9 Å². The highest BCUT2D eigenvalue weighted by molar-refractivity contribution is 5.96. The smallest absolute Gasteiger partial charge is 0.231 e. The van der Waals surface area contributed by atoms with Crippen molar-refractivity contribution in [1.82, 2.24) is 10.1 Å². The lowest BCUT2D eigenvalue weighted by atomic mass is 9.98. The van der Waals surface area contributed by atoms with Crippen LogP contribution in [0.4, 0.5) is 5.69 Å². The summed E-state index contributed by atoms with van der Waals surface area (Å²) in [7, 11) is 0. The summed E-state index contributed by atoms with van der Waals surface area (Å²) in [6, 6.07) is 6.19. The van der Waals surface area contributed by atoms with Crippen molar-refractivity contribution in [1.29, 1.82) is 0 Å². The van der Waals surface area contributed by atoms with Gasteiger partial charge in [-0.25, -0.2) is 0 Å². The molecule has 1 aromatic heterocycles.